The summed E-state index contributed by atoms with van der Waals surface area (Å²) in [5.41, 5.74) is 0.125. The zero-order valence-electron chi connectivity index (χ0n) is 19.4. The van der Waals surface area contributed by atoms with E-state index < -0.39 is 15.9 Å². The summed E-state index contributed by atoms with van der Waals surface area (Å²) >= 11 is 0. The highest BCUT2D eigenvalue weighted by Crippen LogP contribution is 2.21. The molecule has 0 saturated carbocycles. The highest BCUT2D eigenvalue weighted by molar-refractivity contribution is 7.90. The van der Waals surface area contributed by atoms with E-state index in [9.17, 15) is 18.0 Å². The average Bonchev–Trinajstić information content (AvgIpc) is 3.19. The maximum Gasteiger partial charge on any atom is 0.284 e. The van der Waals surface area contributed by atoms with Gasteiger partial charge in [0.2, 0.25) is 0 Å². The average molecular weight is 482 g/mol. The molecular weight excluding hydrogens is 454 g/mol. The molecule has 0 atom stereocenters. The molecule has 1 N–H and O–H groups in total. The van der Waals surface area contributed by atoms with Crippen molar-refractivity contribution >= 4 is 38.2 Å². The predicted molar refractivity (Wildman–Crippen MR) is 132 cm³/mol. The van der Waals surface area contributed by atoms with Gasteiger partial charge in [0.15, 0.2) is 5.69 Å². The quantitative estimate of drug-likeness (QED) is 0.579. The molecule has 1 fully saturated rings. The molecule has 1 amide bonds. The van der Waals surface area contributed by atoms with Gasteiger partial charge < -0.3 is 10.2 Å². The van der Waals surface area contributed by atoms with E-state index in [0.717, 1.165) is 13.0 Å². The Balaban J connectivity index is 1.68. The van der Waals surface area contributed by atoms with E-state index in [1.54, 1.807) is 36.4 Å². The number of nitrogens with one attached hydrogen (secondary N) is 1. The van der Waals surface area contributed by atoms with Crippen LogP contribution in [-0.4, -0.2) is 48.4 Å². The second kappa shape index (κ2) is 9.38. The van der Waals surface area contributed by atoms with Crippen LogP contribution in [0.25, 0.3) is 10.8 Å². The monoisotopic (exact) mass is 481 g/mol. The summed E-state index contributed by atoms with van der Waals surface area (Å²) in [4.78, 5) is 27.8. The van der Waals surface area contributed by atoms with Gasteiger partial charge in [-0.05, 0) is 36.6 Å². The third-order valence-electron chi connectivity index (χ3n) is 5.57. The maximum absolute atomic E-state index is 13.2. The number of fused-ring (bicyclic) bond motifs is 1. The molecule has 0 bridgehead atoms. The minimum absolute atomic E-state index is 0.0132. The van der Waals surface area contributed by atoms with Gasteiger partial charge in [0.25, 0.3) is 21.5 Å². The third-order valence-corrected chi connectivity index (χ3v) is 6.87. The molecule has 3 aromatic rings. The largest absolute Gasteiger partial charge is 0.362 e. The standard InChI is InChI=1S/C24H27N5O4S/c1-16(2)15-29-24(31)20-11-5-4-10-19(20)22(26-29)23(30)25-17-8-6-9-18(14-17)34(32,33)27-21-12-7-13-28(21)3/h4-6,8-11,14,16H,7,12-13,15H2,1-3H3,(H,25,30)/b27-21-. The summed E-state index contributed by atoms with van der Waals surface area (Å²) in [6.45, 7) is 5.06. The number of benzene rings is 2. The Bertz CT molecular complexity index is 1440. The molecule has 4 rings (SSSR count). The molecule has 9 nitrogen and oxygen atoms in total. The van der Waals surface area contributed by atoms with Crippen LogP contribution < -0.4 is 10.9 Å². The molecule has 2 heterocycles. The SMILES string of the molecule is CC(C)Cn1nc(C(=O)Nc2cccc(S(=O)(=O)/N=C3/CCCN3C)c2)c2ccccc2c1=O. The topological polar surface area (TPSA) is 114 Å². The Morgan fingerprint density at radius 1 is 1.15 bits per heavy atom. The number of hydrogen-bond donors (Lipinski definition) is 1. The van der Waals surface area contributed by atoms with Crippen LogP contribution in [0.5, 0.6) is 0 Å². The molecule has 178 valence electrons. The molecular formula is C24H27N5O4S. The van der Waals surface area contributed by atoms with E-state index in [1.165, 1.54) is 16.8 Å². The van der Waals surface area contributed by atoms with Crippen molar-refractivity contribution in [3.63, 3.8) is 0 Å². The Labute approximate surface area is 198 Å². The lowest BCUT2D eigenvalue weighted by Crippen LogP contribution is -2.29. The normalized spacial score (nSPS) is 15.4. The predicted octanol–water partition coefficient (Wildman–Crippen LogP) is 3.12. The van der Waals surface area contributed by atoms with Gasteiger partial charge >= 0.3 is 0 Å². The smallest absolute Gasteiger partial charge is 0.284 e. The van der Waals surface area contributed by atoms with E-state index in [1.807, 2.05) is 25.8 Å². The van der Waals surface area contributed by atoms with Gasteiger partial charge in [-0.3, -0.25) is 9.59 Å². The Morgan fingerprint density at radius 2 is 1.88 bits per heavy atom. The van der Waals surface area contributed by atoms with E-state index >= 15 is 0 Å². The number of amidine groups is 1. The van der Waals surface area contributed by atoms with Gasteiger partial charge in [0, 0.05) is 37.6 Å². The second-order valence-corrected chi connectivity index (χ2v) is 10.4. The number of carbonyl (C=O) groups excluding carboxylic acids is 1. The Kier molecular flexibility index (Phi) is 6.52. The Hall–Kier alpha value is -3.53. The van der Waals surface area contributed by atoms with E-state index in [4.69, 9.17) is 0 Å². The molecule has 10 heteroatoms. The van der Waals surface area contributed by atoms with Gasteiger partial charge in [-0.25, -0.2) is 4.68 Å². The molecule has 0 unspecified atom stereocenters. The molecule has 1 aliphatic rings. The number of anilines is 1. The summed E-state index contributed by atoms with van der Waals surface area (Å²) in [7, 11) is -2.11. The van der Waals surface area contributed by atoms with Crippen molar-refractivity contribution in [3.8, 4) is 0 Å². The zero-order chi connectivity index (χ0) is 24.5. The summed E-state index contributed by atoms with van der Waals surface area (Å²) in [5, 5.41) is 7.89. The van der Waals surface area contributed by atoms with Crippen LogP contribution in [0.15, 0.2) is 62.6 Å². The number of rotatable bonds is 6. The number of hydrogen-bond acceptors (Lipinski definition) is 5. The first-order valence-electron chi connectivity index (χ1n) is 11.1. The summed E-state index contributed by atoms with van der Waals surface area (Å²) in [6, 6.07) is 12.8. The van der Waals surface area contributed by atoms with Crippen LogP contribution in [0.4, 0.5) is 5.69 Å². The first-order chi connectivity index (χ1) is 16.2. The minimum Gasteiger partial charge on any atom is -0.362 e. The number of nitrogens with zero attached hydrogens (tertiary/aromatic N) is 4. The van der Waals surface area contributed by atoms with Crippen LogP contribution in [0, 0.1) is 5.92 Å². The van der Waals surface area contributed by atoms with E-state index in [0.29, 0.717) is 35.3 Å². The van der Waals surface area contributed by atoms with Crippen molar-refractivity contribution in [1.29, 1.82) is 0 Å². The summed E-state index contributed by atoms with van der Waals surface area (Å²) in [5.74, 6) is 0.146. The van der Waals surface area contributed by atoms with Crippen LogP contribution in [0.2, 0.25) is 0 Å². The zero-order valence-corrected chi connectivity index (χ0v) is 20.2. The highest BCUT2D eigenvalue weighted by Gasteiger charge is 2.22. The molecule has 1 aromatic heterocycles. The Morgan fingerprint density at radius 3 is 2.56 bits per heavy atom. The number of carbonyl (C=O) groups is 1. The van der Waals surface area contributed by atoms with E-state index in [-0.39, 0.29) is 22.1 Å². The fourth-order valence-corrected chi connectivity index (χ4v) is 5.04. The minimum atomic E-state index is -3.93. The molecule has 34 heavy (non-hydrogen) atoms. The maximum atomic E-state index is 13.2. The summed E-state index contributed by atoms with van der Waals surface area (Å²) < 4.78 is 30.9. The van der Waals surface area contributed by atoms with Crippen molar-refractivity contribution in [1.82, 2.24) is 14.7 Å². The van der Waals surface area contributed by atoms with Crippen molar-refractivity contribution in [2.75, 3.05) is 18.9 Å². The van der Waals surface area contributed by atoms with Crippen LogP contribution in [0.3, 0.4) is 0 Å². The lowest BCUT2D eigenvalue weighted by Gasteiger charge is -2.13. The lowest BCUT2D eigenvalue weighted by molar-refractivity contribution is 0.102. The van der Waals surface area contributed by atoms with Gasteiger partial charge in [-0.1, -0.05) is 38.1 Å². The molecule has 0 spiro atoms. The fourth-order valence-electron chi connectivity index (χ4n) is 3.90. The van der Waals surface area contributed by atoms with Crippen LogP contribution in [0.1, 0.15) is 37.2 Å². The van der Waals surface area contributed by atoms with E-state index in [2.05, 4.69) is 14.8 Å². The molecule has 0 aliphatic carbocycles. The van der Waals surface area contributed by atoms with Gasteiger partial charge in [0.05, 0.1) is 10.3 Å². The second-order valence-electron chi connectivity index (χ2n) is 8.76. The van der Waals surface area contributed by atoms with Crippen LogP contribution in [-0.2, 0) is 16.6 Å². The number of likely N-dealkylation sites (tertiary alicyclic amines) is 1. The molecule has 2 aromatic carbocycles. The van der Waals surface area contributed by atoms with Crippen molar-refractivity contribution in [2.45, 2.75) is 38.1 Å². The van der Waals surface area contributed by atoms with Gasteiger partial charge in [-0.2, -0.15) is 13.5 Å². The number of sulfonamides is 1. The highest BCUT2D eigenvalue weighted by atomic mass is 32.2. The van der Waals surface area contributed by atoms with Crippen molar-refractivity contribution in [3.05, 3.63) is 64.6 Å². The third kappa shape index (κ3) is 4.86. The number of aromatic nitrogens is 2. The first kappa shape index (κ1) is 23.6. The van der Waals surface area contributed by atoms with Crippen LogP contribution >= 0.6 is 0 Å². The molecule has 0 radical (unpaired) electrons. The van der Waals surface area contributed by atoms with Gasteiger partial charge in [0.1, 0.15) is 5.84 Å². The van der Waals surface area contributed by atoms with Crippen molar-refractivity contribution < 1.29 is 13.2 Å². The van der Waals surface area contributed by atoms with Gasteiger partial charge in [-0.15, -0.1) is 4.40 Å². The van der Waals surface area contributed by atoms with Crippen molar-refractivity contribution in [2.24, 2.45) is 10.3 Å². The first-order valence-corrected chi connectivity index (χ1v) is 12.6. The lowest BCUT2D eigenvalue weighted by atomic mass is 10.1. The number of amides is 1. The molecule has 1 saturated heterocycles. The molecule has 1 aliphatic heterocycles. The summed E-state index contributed by atoms with van der Waals surface area (Å²) in [6.07, 6.45) is 1.47. The fraction of sp³-hybridized carbons (Fsp3) is 0.333.